The van der Waals surface area contributed by atoms with Gasteiger partial charge in [0.2, 0.25) is 0 Å². The van der Waals surface area contributed by atoms with Gasteiger partial charge in [-0.2, -0.15) is 0 Å². The molecular formula is C12H8BrClN2O2. The predicted octanol–water partition coefficient (Wildman–Crippen LogP) is 3.46. The molecule has 2 aromatic rings. The molecule has 2 N–H and O–H groups in total. The molecule has 0 aliphatic rings. The first-order valence-electron chi connectivity index (χ1n) is 4.98. The lowest BCUT2D eigenvalue weighted by molar-refractivity contribution is 0.102. The number of phenolic OH excluding ortho intramolecular Hbond substituents is 1. The Balaban J connectivity index is 2.28. The molecule has 0 saturated heterocycles. The zero-order valence-electron chi connectivity index (χ0n) is 9.02. The fraction of sp³-hybridized carbons (Fsp3) is 0. The number of aromatic nitrogens is 1. The van der Waals surface area contributed by atoms with Crippen LogP contribution in [-0.4, -0.2) is 16.0 Å². The molecule has 0 unspecified atom stereocenters. The summed E-state index contributed by atoms with van der Waals surface area (Å²) >= 11 is 9.04. The van der Waals surface area contributed by atoms with Crippen LogP contribution in [0.3, 0.4) is 0 Å². The number of aromatic hydroxyl groups is 1. The van der Waals surface area contributed by atoms with Crippen LogP contribution < -0.4 is 5.32 Å². The van der Waals surface area contributed by atoms with E-state index in [1.54, 1.807) is 18.3 Å². The monoisotopic (exact) mass is 326 g/mol. The molecule has 92 valence electrons. The van der Waals surface area contributed by atoms with Crippen molar-refractivity contribution in [2.75, 3.05) is 5.32 Å². The molecule has 1 aromatic carbocycles. The molecule has 0 spiro atoms. The van der Waals surface area contributed by atoms with Gasteiger partial charge in [0.1, 0.15) is 11.6 Å². The Morgan fingerprint density at radius 2 is 2.17 bits per heavy atom. The van der Waals surface area contributed by atoms with Crippen molar-refractivity contribution in [2.45, 2.75) is 0 Å². The van der Waals surface area contributed by atoms with Gasteiger partial charge < -0.3 is 10.4 Å². The van der Waals surface area contributed by atoms with Crippen LogP contribution in [0.25, 0.3) is 0 Å². The number of phenols is 1. The highest BCUT2D eigenvalue weighted by atomic mass is 79.9. The smallest absolute Gasteiger partial charge is 0.260 e. The number of carbonyl (C=O) groups excluding carboxylic acids is 1. The van der Waals surface area contributed by atoms with Crippen LogP contribution in [0.4, 0.5) is 5.82 Å². The maximum atomic E-state index is 11.9. The summed E-state index contributed by atoms with van der Waals surface area (Å²) in [6.07, 6.45) is 1.55. The minimum Gasteiger partial charge on any atom is -0.507 e. The first-order chi connectivity index (χ1) is 8.58. The lowest BCUT2D eigenvalue weighted by atomic mass is 10.2. The first-order valence-corrected chi connectivity index (χ1v) is 6.15. The summed E-state index contributed by atoms with van der Waals surface area (Å²) in [6.45, 7) is 0. The average molecular weight is 328 g/mol. The minimum atomic E-state index is -0.477. The van der Waals surface area contributed by atoms with Crippen LogP contribution in [0.1, 0.15) is 10.4 Å². The van der Waals surface area contributed by atoms with Crippen LogP contribution >= 0.6 is 27.5 Å². The van der Waals surface area contributed by atoms with E-state index >= 15 is 0 Å². The van der Waals surface area contributed by atoms with Crippen molar-refractivity contribution in [3.05, 3.63) is 51.6 Å². The number of rotatable bonds is 2. The minimum absolute atomic E-state index is 0.0973. The Morgan fingerprint density at radius 1 is 1.39 bits per heavy atom. The number of benzene rings is 1. The summed E-state index contributed by atoms with van der Waals surface area (Å²) < 4.78 is 0.653. The highest BCUT2D eigenvalue weighted by Gasteiger charge is 2.13. The standard InChI is InChI=1S/C12H8BrClN2O2/c13-9-2-1-5-15-11(9)16-12(18)8-6-7(14)3-4-10(8)17/h1-6,17H,(H,15,16,18). The van der Waals surface area contributed by atoms with Crippen molar-refractivity contribution in [1.82, 2.24) is 4.98 Å². The molecule has 1 heterocycles. The summed E-state index contributed by atoms with van der Waals surface area (Å²) in [6, 6.07) is 7.75. The van der Waals surface area contributed by atoms with Crippen molar-refractivity contribution < 1.29 is 9.90 Å². The number of nitrogens with zero attached hydrogens (tertiary/aromatic N) is 1. The fourth-order valence-electron chi connectivity index (χ4n) is 1.34. The molecule has 0 aliphatic heterocycles. The van der Waals surface area contributed by atoms with Crippen LogP contribution in [-0.2, 0) is 0 Å². The topological polar surface area (TPSA) is 62.2 Å². The molecule has 0 radical (unpaired) electrons. The summed E-state index contributed by atoms with van der Waals surface area (Å²) in [5.41, 5.74) is 0.0973. The number of carbonyl (C=O) groups is 1. The average Bonchev–Trinajstić information content (AvgIpc) is 2.35. The van der Waals surface area contributed by atoms with E-state index in [0.29, 0.717) is 15.3 Å². The zero-order chi connectivity index (χ0) is 13.1. The van der Waals surface area contributed by atoms with Crippen molar-refractivity contribution in [3.8, 4) is 5.75 Å². The molecule has 4 nitrogen and oxygen atoms in total. The highest BCUT2D eigenvalue weighted by Crippen LogP contribution is 2.24. The van der Waals surface area contributed by atoms with Crippen molar-refractivity contribution in [1.29, 1.82) is 0 Å². The first kappa shape index (κ1) is 12.9. The van der Waals surface area contributed by atoms with E-state index < -0.39 is 5.91 Å². The van der Waals surface area contributed by atoms with E-state index in [4.69, 9.17) is 11.6 Å². The molecule has 0 bridgehead atoms. The number of hydrogen-bond donors (Lipinski definition) is 2. The molecule has 0 fully saturated rings. The molecule has 0 aliphatic carbocycles. The fourth-order valence-corrected chi connectivity index (χ4v) is 1.87. The van der Waals surface area contributed by atoms with Gasteiger partial charge in [-0.25, -0.2) is 4.98 Å². The van der Waals surface area contributed by atoms with Crippen LogP contribution in [0.15, 0.2) is 41.0 Å². The number of anilines is 1. The second-order valence-electron chi connectivity index (χ2n) is 3.45. The van der Waals surface area contributed by atoms with Crippen molar-refractivity contribution in [2.24, 2.45) is 0 Å². The molecule has 1 amide bonds. The molecule has 1 aromatic heterocycles. The largest absolute Gasteiger partial charge is 0.507 e. The van der Waals surface area contributed by atoms with E-state index in [0.717, 1.165) is 0 Å². The maximum Gasteiger partial charge on any atom is 0.260 e. The van der Waals surface area contributed by atoms with E-state index in [-0.39, 0.29) is 11.3 Å². The van der Waals surface area contributed by atoms with Gasteiger partial charge in [-0.05, 0) is 46.3 Å². The number of halogens is 2. The second kappa shape index (κ2) is 5.37. The van der Waals surface area contributed by atoms with Gasteiger partial charge in [0.25, 0.3) is 5.91 Å². The van der Waals surface area contributed by atoms with Gasteiger partial charge in [-0.1, -0.05) is 11.6 Å². The lowest BCUT2D eigenvalue weighted by Crippen LogP contribution is -2.13. The number of amides is 1. The van der Waals surface area contributed by atoms with Gasteiger partial charge in [-0.15, -0.1) is 0 Å². The van der Waals surface area contributed by atoms with Crippen molar-refractivity contribution >= 4 is 39.3 Å². The summed E-state index contributed by atoms with van der Waals surface area (Å²) in [7, 11) is 0. The van der Waals surface area contributed by atoms with E-state index in [1.165, 1.54) is 18.2 Å². The Hall–Kier alpha value is -1.59. The number of nitrogens with one attached hydrogen (secondary N) is 1. The highest BCUT2D eigenvalue weighted by molar-refractivity contribution is 9.10. The third-order valence-electron chi connectivity index (χ3n) is 2.19. The van der Waals surface area contributed by atoms with Gasteiger partial charge in [0.15, 0.2) is 0 Å². The summed E-state index contributed by atoms with van der Waals surface area (Å²) in [4.78, 5) is 16.0. The Labute approximate surface area is 117 Å². The summed E-state index contributed by atoms with van der Waals surface area (Å²) in [5.74, 6) is -0.236. The van der Waals surface area contributed by atoms with Crippen LogP contribution in [0.5, 0.6) is 5.75 Å². The number of hydrogen-bond acceptors (Lipinski definition) is 3. The Bertz CT molecular complexity index is 604. The van der Waals surface area contributed by atoms with Crippen LogP contribution in [0.2, 0.25) is 5.02 Å². The van der Waals surface area contributed by atoms with Gasteiger partial charge in [0, 0.05) is 11.2 Å². The van der Waals surface area contributed by atoms with Crippen molar-refractivity contribution in [3.63, 3.8) is 0 Å². The number of pyridine rings is 1. The lowest BCUT2D eigenvalue weighted by Gasteiger charge is -2.07. The maximum absolute atomic E-state index is 11.9. The zero-order valence-corrected chi connectivity index (χ0v) is 11.4. The third-order valence-corrected chi connectivity index (χ3v) is 3.07. The van der Waals surface area contributed by atoms with Gasteiger partial charge in [-0.3, -0.25) is 4.79 Å². The molecule has 18 heavy (non-hydrogen) atoms. The SMILES string of the molecule is O=C(Nc1ncccc1Br)c1cc(Cl)ccc1O. The summed E-state index contributed by atoms with van der Waals surface area (Å²) in [5, 5.41) is 12.6. The molecule has 2 rings (SSSR count). The normalized spacial score (nSPS) is 10.1. The van der Waals surface area contributed by atoms with E-state index in [1.807, 2.05) is 0 Å². The van der Waals surface area contributed by atoms with Gasteiger partial charge in [0.05, 0.1) is 10.0 Å². The predicted molar refractivity (Wildman–Crippen MR) is 73.0 cm³/mol. The molecule has 0 saturated carbocycles. The van der Waals surface area contributed by atoms with Gasteiger partial charge >= 0.3 is 0 Å². The van der Waals surface area contributed by atoms with E-state index in [2.05, 4.69) is 26.2 Å². The third kappa shape index (κ3) is 2.80. The molecule has 0 atom stereocenters. The Kier molecular flexibility index (Phi) is 3.84. The second-order valence-corrected chi connectivity index (χ2v) is 4.74. The quantitative estimate of drug-likeness (QED) is 0.888. The Morgan fingerprint density at radius 3 is 2.89 bits per heavy atom. The van der Waals surface area contributed by atoms with E-state index in [9.17, 15) is 9.90 Å². The van der Waals surface area contributed by atoms with Crippen LogP contribution in [0, 0.1) is 0 Å². The molecular weight excluding hydrogens is 320 g/mol. The molecule has 6 heteroatoms.